The number of esters is 1. The van der Waals surface area contributed by atoms with Gasteiger partial charge in [-0.15, -0.1) is 11.3 Å². The van der Waals surface area contributed by atoms with Crippen LogP contribution in [-0.4, -0.2) is 17.1 Å². The number of aromatic nitrogens is 1. The normalized spacial score (nSPS) is 10.7. The number of rotatable bonds is 3. The van der Waals surface area contributed by atoms with Gasteiger partial charge in [0.05, 0.1) is 11.7 Å². The summed E-state index contributed by atoms with van der Waals surface area (Å²) < 4.78 is 5.24. The summed E-state index contributed by atoms with van der Waals surface area (Å²) in [5.41, 5.74) is 8.37. The SMILES string of the molecule is Cc1csc(-c2cccc(N)c2C(=O)OC(C)C)n1. The van der Waals surface area contributed by atoms with Crippen molar-refractivity contribution in [2.24, 2.45) is 0 Å². The highest BCUT2D eigenvalue weighted by molar-refractivity contribution is 7.13. The Morgan fingerprint density at radius 1 is 1.42 bits per heavy atom. The molecule has 0 spiro atoms. The maximum atomic E-state index is 12.2. The summed E-state index contributed by atoms with van der Waals surface area (Å²) >= 11 is 1.49. The summed E-state index contributed by atoms with van der Waals surface area (Å²) in [4.78, 5) is 16.6. The van der Waals surface area contributed by atoms with E-state index in [1.165, 1.54) is 11.3 Å². The Morgan fingerprint density at radius 3 is 2.74 bits per heavy atom. The van der Waals surface area contributed by atoms with Crippen molar-refractivity contribution in [3.8, 4) is 10.6 Å². The first-order chi connectivity index (χ1) is 8.99. The van der Waals surface area contributed by atoms with Gasteiger partial charge in [0.1, 0.15) is 5.01 Å². The van der Waals surface area contributed by atoms with Gasteiger partial charge < -0.3 is 10.5 Å². The van der Waals surface area contributed by atoms with Crippen LogP contribution in [0.15, 0.2) is 23.6 Å². The standard InChI is InChI=1S/C14H16N2O2S/c1-8(2)18-14(17)12-10(5-4-6-11(12)15)13-16-9(3)7-19-13/h4-8H,15H2,1-3H3. The average Bonchev–Trinajstić information content (AvgIpc) is 2.74. The van der Waals surface area contributed by atoms with Crippen LogP contribution in [0.5, 0.6) is 0 Å². The number of ether oxygens (including phenoxy) is 1. The van der Waals surface area contributed by atoms with E-state index in [0.717, 1.165) is 16.3 Å². The molecule has 100 valence electrons. The minimum absolute atomic E-state index is 0.182. The van der Waals surface area contributed by atoms with E-state index < -0.39 is 5.97 Å². The molecule has 0 unspecified atom stereocenters. The fourth-order valence-corrected chi connectivity index (χ4v) is 2.56. The second kappa shape index (κ2) is 5.40. The molecule has 0 bridgehead atoms. The molecule has 4 nitrogen and oxygen atoms in total. The minimum Gasteiger partial charge on any atom is -0.459 e. The van der Waals surface area contributed by atoms with Crippen LogP contribution in [-0.2, 0) is 4.74 Å². The van der Waals surface area contributed by atoms with Crippen molar-refractivity contribution in [2.75, 3.05) is 5.73 Å². The zero-order chi connectivity index (χ0) is 14.0. The number of thiazole rings is 1. The first-order valence-electron chi connectivity index (χ1n) is 6.01. The molecular formula is C14H16N2O2S. The van der Waals surface area contributed by atoms with Gasteiger partial charge in [-0.2, -0.15) is 0 Å². The van der Waals surface area contributed by atoms with E-state index in [0.29, 0.717) is 11.3 Å². The Morgan fingerprint density at radius 2 is 2.16 bits per heavy atom. The topological polar surface area (TPSA) is 65.2 Å². The molecule has 5 heteroatoms. The number of anilines is 1. The van der Waals surface area contributed by atoms with Crippen molar-refractivity contribution in [2.45, 2.75) is 26.9 Å². The summed E-state index contributed by atoms with van der Waals surface area (Å²) in [6.07, 6.45) is -0.182. The molecule has 2 N–H and O–H groups in total. The Balaban J connectivity index is 2.50. The molecule has 0 aliphatic carbocycles. The number of aryl methyl sites for hydroxylation is 1. The summed E-state index contributed by atoms with van der Waals surface area (Å²) in [6, 6.07) is 5.35. The molecule has 0 aliphatic heterocycles. The number of benzene rings is 1. The van der Waals surface area contributed by atoms with Crippen molar-refractivity contribution in [1.82, 2.24) is 4.98 Å². The van der Waals surface area contributed by atoms with Crippen molar-refractivity contribution >= 4 is 23.0 Å². The lowest BCUT2D eigenvalue weighted by molar-refractivity contribution is 0.0380. The number of nitrogens with two attached hydrogens (primary N) is 1. The monoisotopic (exact) mass is 276 g/mol. The number of carbonyl (C=O) groups is 1. The summed E-state index contributed by atoms with van der Waals surface area (Å²) in [6.45, 7) is 5.53. The molecule has 19 heavy (non-hydrogen) atoms. The number of hydrogen-bond donors (Lipinski definition) is 1. The lowest BCUT2D eigenvalue weighted by Crippen LogP contribution is -2.14. The molecule has 0 fully saturated rings. The van der Waals surface area contributed by atoms with Gasteiger partial charge >= 0.3 is 5.97 Å². The lowest BCUT2D eigenvalue weighted by atomic mass is 10.1. The highest BCUT2D eigenvalue weighted by atomic mass is 32.1. The fourth-order valence-electron chi connectivity index (χ4n) is 1.73. The quantitative estimate of drug-likeness (QED) is 0.690. The van der Waals surface area contributed by atoms with E-state index >= 15 is 0 Å². The Hall–Kier alpha value is -1.88. The van der Waals surface area contributed by atoms with E-state index in [2.05, 4.69) is 4.98 Å². The lowest BCUT2D eigenvalue weighted by Gasteiger charge is -2.12. The second-order valence-electron chi connectivity index (χ2n) is 4.52. The van der Waals surface area contributed by atoms with Crippen LogP contribution in [0.2, 0.25) is 0 Å². The van der Waals surface area contributed by atoms with Gasteiger partial charge in [0.2, 0.25) is 0 Å². The highest BCUT2D eigenvalue weighted by Crippen LogP contribution is 2.31. The first kappa shape index (κ1) is 13.5. The Kier molecular flexibility index (Phi) is 3.85. The number of carbonyl (C=O) groups excluding carboxylic acids is 1. The van der Waals surface area contributed by atoms with Crippen molar-refractivity contribution in [1.29, 1.82) is 0 Å². The number of nitrogens with zero attached hydrogens (tertiary/aromatic N) is 1. The van der Waals surface area contributed by atoms with Crippen LogP contribution in [0, 0.1) is 6.92 Å². The van der Waals surface area contributed by atoms with Crippen molar-refractivity contribution in [3.05, 3.63) is 34.8 Å². The predicted molar refractivity (Wildman–Crippen MR) is 77.3 cm³/mol. The third-order valence-electron chi connectivity index (χ3n) is 2.49. The van der Waals surface area contributed by atoms with E-state index in [1.54, 1.807) is 6.07 Å². The smallest absolute Gasteiger partial charge is 0.341 e. The maximum Gasteiger partial charge on any atom is 0.341 e. The molecule has 1 heterocycles. The number of nitrogen functional groups attached to an aromatic ring is 1. The third-order valence-corrected chi connectivity index (χ3v) is 3.49. The summed E-state index contributed by atoms with van der Waals surface area (Å²) in [5, 5.41) is 2.72. The summed E-state index contributed by atoms with van der Waals surface area (Å²) in [5.74, 6) is -0.407. The van der Waals surface area contributed by atoms with Gasteiger partial charge in [-0.1, -0.05) is 12.1 Å². The van der Waals surface area contributed by atoms with Crippen LogP contribution < -0.4 is 5.73 Å². The van der Waals surface area contributed by atoms with Crippen LogP contribution in [0.4, 0.5) is 5.69 Å². The van der Waals surface area contributed by atoms with Gasteiger partial charge in [0, 0.05) is 22.3 Å². The average molecular weight is 276 g/mol. The van der Waals surface area contributed by atoms with Crippen molar-refractivity contribution in [3.63, 3.8) is 0 Å². The Bertz CT molecular complexity index is 605. The third kappa shape index (κ3) is 2.93. The van der Waals surface area contributed by atoms with Gasteiger partial charge in [-0.05, 0) is 26.8 Å². The second-order valence-corrected chi connectivity index (χ2v) is 5.38. The van der Waals surface area contributed by atoms with E-state index in [9.17, 15) is 4.79 Å². The Labute approximate surface area is 116 Å². The first-order valence-corrected chi connectivity index (χ1v) is 6.89. The van der Waals surface area contributed by atoms with Crippen molar-refractivity contribution < 1.29 is 9.53 Å². The molecule has 1 aromatic heterocycles. The zero-order valence-corrected chi connectivity index (χ0v) is 12.0. The molecule has 0 radical (unpaired) electrons. The van der Waals surface area contributed by atoms with Crippen LogP contribution >= 0.6 is 11.3 Å². The largest absolute Gasteiger partial charge is 0.459 e. The maximum absolute atomic E-state index is 12.2. The molecule has 1 aromatic carbocycles. The molecule has 2 aromatic rings. The molecule has 2 rings (SSSR count). The zero-order valence-electron chi connectivity index (χ0n) is 11.1. The highest BCUT2D eigenvalue weighted by Gasteiger charge is 2.20. The molecule has 0 atom stereocenters. The van der Waals surface area contributed by atoms with Gasteiger partial charge in [0.25, 0.3) is 0 Å². The van der Waals surface area contributed by atoms with Gasteiger partial charge in [0.15, 0.2) is 0 Å². The van der Waals surface area contributed by atoms with E-state index in [1.807, 2.05) is 38.3 Å². The molecule has 0 aliphatic rings. The minimum atomic E-state index is -0.407. The predicted octanol–water partition coefficient (Wildman–Crippen LogP) is 3.27. The van der Waals surface area contributed by atoms with Crippen LogP contribution in [0.3, 0.4) is 0 Å². The molecule has 0 saturated heterocycles. The fraction of sp³-hybridized carbons (Fsp3) is 0.286. The van der Waals surface area contributed by atoms with E-state index in [4.69, 9.17) is 10.5 Å². The molecule has 0 amide bonds. The van der Waals surface area contributed by atoms with Crippen LogP contribution in [0.1, 0.15) is 29.9 Å². The number of hydrogen-bond acceptors (Lipinski definition) is 5. The van der Waals surface area contributed by atoms with Gasteiger partial charge in [-0.3, -0.25) is 0 Å². The summed E-state index contributed by atoms with van der Waals surface area (Å²) in [7, 11) is 0. The van der Waals surface area contributed by atoms with Crippen LogP contribution in [0.25, 0.3) is 10.6 Å². The van der Waals surface area contributed by atoms with Gasteiger partial charge in [-0.25, -0.2) is 9.78 Å². The molecule has 0 saturated carbocycles. The molecular weight excluding hydrogens is 260 g/mol. The van der Waals surface area contributed by atoms with E-state index in [-0.39, 0.29) is 6.10 Å².